The lowest BCUT2D eigenvalue weighted by Crippen LogP contribution is -2.42. The van der Waals surface area contributed by atoms with Crippen LogP contribution in [0.15, 0.2) is 164 Å². The summed E-state index contributed by atoms with van der Waals surface area (Å²) in [4.78, 5) is 15.6. The lowest BCUT2D eigenvalue weighted by atomic mass is 9.59. The fourth-order valence-corrected chi connectivity index (χ4v) is 10.1. The molecule has 0 saturated carbocycles. The van der Waals surface area contributed by atoms with Crippen molar-refractivity contribution in [3.8, 4) is 45.5 Å². The van der Waals surface area contributed by atoms with Gasteiger partial charge in [-0.25, -0.2) is 4.98 Å². The third-order valence-corrected chi connectivity index (χ3v) is 14.3. The molecule has 5 heteroatoms. The molecule has 3 aromatic heterocycles. The molecule has 0 bridgehead atoms. The van der Waals surface area contributed by atoms with Crippen molar-refractivity contribution >= 4 is 43.6 Å². The molecule has 10 aromatic rings. The fraction of sp³-hybridized carbons (Fsp3) is 0.167. The highest BCUT2D eigenvalue weighted by atomic mass is 15.2. The molecule has 1 aliphatic rings. The fourth-order valence-electron chi connectivity index (χ4n) is 10.1. The molecule has 11 rings (SSSR count). The Morgan fingerprint density at radius 2 is 0.915 bits per heavy atom. The Labute approximate surface area is 344 Å². The van der Waals surface area contributed by atoms with Gasteiger partial charge in [0.05, 0.1) is 22.1 Å². The van der Waals surface area contributed by atoms with Crippen molar-refractivity contribution in [1.29, 1.82) is 0 Å². The third kappa shape index (κ3) is 4.94. The molecule has 5 nitrogen and oxygen atoms in total. The van der Waals surface area contributed by atoms with E-state index in [1.165, 1.54) is 33.0 Å². The number of benzene rings is 7. The zero-order valence-corrected chi connectivity index (χ0v) is 34.3. The van der Waals surface area contributed by atoms with E-state index >= 15 is 0 Å². The number of fused-ring (bicyclic) bond motifs is 8. The molecule has 0 unspecified atom stereocenters. The van der Waals surface area contributed by atoms with Crippen molar-refractivity contribution in [3.05, 3.63) is 175 Å². The summed E-state index contributed by atoms with van der Waals surface area (Å²) in [6.45, 7) is 14.6. The molecular formula is C54H45N5. The molecule has 0 aliphatic heterocycles. The number of aromatic nitrogens is 5. The van der Waals surface area contributed by atoms with Gasteiger partial charge in [-0.05, 0) is 62.8 Å². The van der Waals surface area contributed by atoms with Crippen LogP contribution in [0.25, 0.3) is 89.2 Å². The van der Waals surface area contributed by atoms with Gasteiger partial charge in [0.1, 0.15) is 0 Å². The smallest absolute Gasteiger partial charge is 0.238 e. The summed E-state index contributed by atoms with van der Waals surface area (Å²) in [6.07, 6.45) is 0. The van der Waals surface area contributed by atoms with Crippen LogP contribution in [0.1, 0.15) is 52.7 Å². The van der Waals surface area contributed by atoms with E-state index in [1.54, 1.807) is 0 Å². The highest BCUT2D eigenvalue weighted by Crippen LogP contribution is 2.63. The number of para-hydroxylation sites is 2. The third-order valence-electron chi connectivity index (χ3n) is 14.3. The summed E-state index contributed by atoms with van der Waals surface area (Å²) in [5.41, 5.74) is 12.8. The van der Waals surface area contributed by atoms with Crippen LogP contribution in [0.3, 0.4) is 0 Å². The lowest BCUT2D eigenvalue weighted by Gasteiger charge is -2.44. The zero-order valence-electron chi connectivity index (χ0n) is 34.3. The van der Waals surface area contributed by atoms with Crippen LogP contribution in [0.2, 0.25) is 0 Å². The second-order valence-corrected chi connectivity index (χ2v) is 17.7. The monoisotopic (exact) mass is 763 g/mol. The van der Waals surface area contributed by atoms with Gasteiger partial charge < -0.3 is 4.57 Å². The predicted molar refractivity (Wildman–Crippen MR) is 245 cm³/mol. The lowest BCUT2D eigenvalue weighted by molar-refractivity contribution is 0.125. The quantitative estimate of drug-likeness (QED) is 0.175. The molecule has 1 aliphatic carbocycles. The van der Waals surface area contributed by atoms with Gasteiger partial charge in [-0.1, -0.05) is 181 Å². The van der Waals surface area contributed by atoms with Gasteiger partial charge in [0.2, 0.25) is 5.95 Å². The van der Waals surface area contributed by atoms with Gasteiger partial charge in [-0.2, -0.15) is 9.97 Å². The SMILES string of the molecule is CC1(C)c2cccc(-c3cccc(-n4c5ccccc5c5ccc6c7ccccc7n(-c7nc(-c8ccccc8)nc(-c8ccccc8)n7)c6c54)c3)c2C(C)(C)C1(C)C. The Morgan fingerprint density at radius 3 is 1.53 bits per heavy atom. The van der Waals surface area contributed by atoms with Gasteiger partial charge in [-0.15, -0.1) is 0 Å². The summed E-state index contributed by atoms with van der Waals surface area (Å²) in [5.74, 6) is 1.84. The van der Waals surface area contributed by atoms with Gasteiger partial charge in [0.15, 0.2) is 11.6 Å². The maximum Gasteiger partial charge on any atom is 0.238 e. The standard InChI is InChI=1S/C54H45N5/c1-52(2)43-28-18-27-38(46(43)53(3,4)54(52,5)6)36-23-17-24-37(33-36)58-44-29-15-13-25-39(44)41-31-32-42-40-26-14-16-30-45(40)59(48(42)47(41)58)51-56-49(34-19-9-7-10-20-34)55-50(57-51)35-21-11-8-12-22-35/h7-33H,1-6H3. The first-order valence-corrected chi connectivity index (χ1v) is 20.6. The topological polar surface area (TPSA) is 48.5 Å². The Balaban J connectivity index is 1.23. The Hall–Kier alpha value is -6.85. The van der Waals surface area contributed by atoms with Crippen molar-refractivity contribution in [1.82, 2.24) is 24.1 Å². The normalized spacial score (nSPS) is 15.4. The minimum absolute atomic E-state index is 0.0150. The molecular weight excluding hydrogens is 719 g/mol. The number of nitrogens with zero attached hydrogens (tertiary/aromatic N) is 5. The number of hydrogen-bond donors (Lipinski definition) is 0. The van der Waals surface area contributed by atoms with Crippen LogP contribution in [0.5, 0.6) is 0 Å². The molecule has 59 heavy (non-hydrogen) atoms. The van der Waals surface area contributed by atoms with Crippen LogP contribution in [-0.2, 0) is 10.8 Å². The Morgan fingerprint density at radius 1 is 0.407 bits per heavy atom. The summed E-state index contributed by atoms with van der Waals surface area (Å²) in [7, 11) is 0. The van der Waals surface area contributed by atoms with Gasteiger partial charge in [0, 0.05) is 38.4 Å². The minimum atomic E-state index is -0.0415. The Bertz CT molecular complexity index is 3230. The van der Waals surface area contributed by atoms with Crippen LogP contribution in [0.4, 0.5) is 0 Å². The maximum absolute atomic E-state index is 5.29. The first-order chi connectivity index (χ1) is 28.6. The van der Waals surface area contributed by atoms with Crippen LogP contribution < -0.4 is 0 Å². The van der Waals surface area contributed by atoms with E-state index in [2.05, 4.69) is 178 Å². The van der Waals surface area contributed by atoms with E-state index in [0.29, 0.717) is 17.6 Å². The van der Waals surface area contributed by atoms with E-state index in [9.17, 15) is 0 Å². The summed E-state index contributed by atoms with van der Waals surface area (Å²) in [6, 6.07) is 58.5. The highest BCUT2D eigenvalue weighted by Gasteiger charge is 2.57. The van der Waals surface area contributed by atoms with Crippen LogP contribution in [-0.4, -0.2) is 24.1 Å². The molecule has 0 N–H and O–H groups in total. The van der Waals surface area contributed by atoms with Crippen molar-refractivity contribution < 1.29 is 0 Å². The van der Waals surface area contributed by atoms with E-state index in [1.807, 2.05) is 36.4 Å². The summed E-state index contributed by atoms with van der Waals surface area (Å²) in [5, 5.41) is 4.66. The van der Waals surface area contributed by atoms with Crippen molar-refractivity contribution in [2.75, 3.05) is 0 Å². The maximum atomic E-state index is 5.29. The first kappa shape index (κ1) is 35.3. The second kappa shape index (κ2) is 12.6. The average molecular weight is 764 g/mol. The van der Waals surface area contributed by atoms with Gasteiger partial charge >= 0.3 is 0 Å². The minimum Gasteiger partial charge on any atom is -0.307 e. The molecule has 0 fully saturated rings. The summed E-state index contributed by atoms with van der Waals surface area (Å²) >= 11 is 0. The number of rotatable bonds is 5. The molecule has 7 aromatic carbocycles. The first-order valence-electron chi connectivity index (χ1n) is 20.6. The predicted octanol–water partition coefficient (Wildman–Crippen LogP) is 13.7. The zero-order chi connectivity index (χ0) is 40.3. The highest BCUT2D eigenvalue weighted by molar-refractivity contribution is 6.23. The number of hydrogen-bond acceptors (Lipinski definition) is 3. The van der Waals surface area contributed by atoms with E-state index in [-0.39, 0.29) is 16.2 Å². The summed E-state index contributed by atoms with van der Waals surface area (Å²) < 4.78 is 4.73. The van der Waals surface area contributed by atoms with Crippen molar-refractivity contribution in [2.45, 2.75) is 52.4 Å². The van der Waals surface area contributed by atoms with Crippen LogP contribution >= 0.6 is 0 Å². The van der Waals surface area contributed by atoms with Crippen molar-refractivity contribution in [3.63, 3.8) is 0 Å². The molecule has 0 spiro atoms. The molecule has 0 saturated heterocycles. The molecule has 0 atom stereocenters. The Kier molecular flexibility index (Phi) is 7.53. The van der Waals surface area contributed by atoms with Crippen LogP contribution in [0, 0.1) is 5.41 Å². The molecule has 0 amide bonds. The van der Waals surface area contributed by atoms with E-state index < -0.39 is 0 Å². The van der Waals surface area contributed by atoms with E-state index in [4.69, 9.17) is 15.0 Å². The van der Waals surface area contributed by atoms with Crippen molar-refractivity contribution in [2.24, 2.45) is 5.41 Å². The largest absolute Gasteiger partial charge is 0.307 e. The average Bonchev–Trinajstić information content (AvgIpc) is 3.83. The second-order valence-electron chi connectivity index (χ2n) is 17.7. The van der Waals surface area contributed by atoms with E-state index in [0.717, 1.165) is 49.7 Å². The molecule has 286 valence electrons. The molecule has 3 heterocycles. The van der Waals surface area contributed by atoms with Gasteiger partial charge in [-0.3, -0.25) is 4.57 Å². The van der Waals surface area contributed by atoms with Gasteiger partial charge in [0.25, 0.3) is 0 Å². The molecule has 0 radical (unpaired) electrons.